The number of pyridine rings is 2. The number of nitrogens with zero attached hydrogens (tertiary/aromatic N) is 7. The van der Waals surface area contributed by atoms with Crippen molar-refractivity contribution in [1.82, 2.24) is 29.3 Å². The summed E-state index contributed by atoms with van der Waals surface area (Å²) in [6.45, 7) is 1.27. The van der Waals surface area contributed by atoms with Crippen LogP contribution >= 0.6 is 0 Å². The number of carbonyl (C=O) groups excluding carboxylic acids is 1. The van der Waals surface area contributed by atoms with Crippen LogP contribution in [0, 0.1) is 23.7 Å². The molecule has 5 rings (SSSR count). The molecule has 1 aliphatic rings. The Kier molecular flexibility index (Phi) is 5.44. The SMILES string of the molecule is C#CC(=O)N1CCC(Nc2ccc(-c3cc(-c4cnn(C)c4)cn4ncc(C#N)c34)cn2)CC1. The summed E-state index contributed by atoms with van der Waals surface area (Å²) in [5, 5.41) is 21.7. The van der Waals surface area contributed by atoms with E-state index in [0.29, 0.717) is 18.7 Å². The van der Waals surface area contributed by atoms with Crippen LogP contribution in [0.4, 0.5) is 5.82 Å². The second-order valence-corrected chi connectivity index (χ2v) is 8.30. The molecule has 4 aromatic heterocycles. The van der Waals surface area contributed by atoms with Crippen LogP contribution in [0.5, 0.6) is 0 Å². The maximum atomic E-state index is 11.7. The smallest absolute Gasteiger partial charge is 0.298 e. The van der Waals surface area contributed by atoms with E-state index in [0.717, 1.165) is 46.4 Å². The Labute approximate surface area is 196 Å². The highest BCUT2D eigenvalue weighted by Crippen LogP contribution is 2.32. The zero-order chi connectivity index (χ0) is 23.7. The van der Waals surface area contributed by atoms with Crippen molar-refractivity contribution in [1.29, 1.82) is 5.26 Å². The van der Waals surface area contributed by atoms with Gasteiger partial charge >= 0.3 is 0 Å². The van der Waals surface area contributed by atoms with Gasteiger partial charge < -0.3 is 10.2 Å². The standard InChI is InChI=1S/C25H22N8O/c1-3-24(34)32-8-6-21(7-9-32)30-23-5-4-17(12-27-23)22-10-18(20-14-28-31(2)15-20)16-33-25(22)19(11-26)13-29-33/h1,4-5,10,12-16,21H,6-9H2,2H3,(H,27,30). The van der Waals surface area contributed by atoms with E-state index in [1.165, 1.54) is 0 Å². The van der Waals surface area contributed by atoms with Crippen LogP contribution in [-0.2, 0) is 11.8 Å². The van der Waals surface area contributed by atoms with Gasteiger partial charge in [0, 0.05) is 67.0 Å². The Balaban J connectivity index is 1.42. The quantitative estimate of drug-likeness (QED) is 0.480. The second-order valence-electron chi connectivity index (χ2n) is 8.30. The lowest BCUT2D eigenvalue weighted by atomic mass is 10.0. The van der Waals surface area contributed by atoms with Gasteiger partial charge in [-0.05, 0) is 37.0 Å². The second kappa shape index (κ2) is 8.72. The summed E-state index contributed by atoms with van der Waals surface area (Å²) in [7, 11) is 1.87. The molecular formula is C25H22N8O. The van der Waals surface area contributed by atoms with Gasteiger partial charge in [0.25, 0.3) is 5.91 Å². The molecule has 168 valence electrons. The molecule has 0 aliphatic carbocycles. The first-order chi connectivity index (χ1) is 16.6. The maximum absolute atomic E-state index is 11.7. The van der Waals surface area contributed by atoms with Crippen LogP contribution < -0.4 is 5.32 Å². The van der Waals surface area contributed by atoms with Gasteiger partial charge in [0.15, 0.2) is 0 Å². The number of nitrogens with one attached hydrogen (secondary N) is 1. The first kappa shape index (κ1) is 21.2. The minimum Gasteiger partial charge on any atom is -0.367 e. The maximum Gasteiger partial charge on any atom is 0.298 e. The number of aromatic nitrogens is 5. The number of likely N-dealkylation sites (tertiary alicyclic amines) is 1. The minimum absolute atomic E-state index is 0.223. The van der Waals surface area contributed by atoms with Crippen LogP contribution in [0.2, 0.25) is 0 Å². The average molecular weight is 451 g/mol. The lowest BCUT2D eigenvalue weighted by Crippen LogP contribution is -2.41. The number of amides is 1. The lowest BCUT2D eigenvalue weighted by molar-refractivity contribution is -0.126. The molecule has 4 aromatic rings. The van der Waals surface area contributed by atoms with Gasteiger partial charge in [-0.2, -0.15) is 15.5 Å². The molecule has 34 heavy (non-hydrogen) atoms. The number of hydrogen-bond acceptors (Lipinski definition) is 6. The van der Waals surface area contributed by atoms with E-state index in [1.807, 2.05) is 37.6 Å². The highest BCUT2D eigenvalue weighted by Gasteiger charge is 2.22. The molecule has 0 radical (unpaired) electrons. The van der Waals surface area contributed by atoms with Crippen molar-refractivity contribution in [3.05, 3.63) is 54.7 Å². The van der Waals surface area contributed by atoms with Crippen LogP contribution in [0.1, 0.15) is 18.4 Å². The third kappa shape index (κ3) is 3.96. The van der Waals surface area contributed by atoms with Crippen LogP contribution in [0.3, 0.4) is 0 Å². The summed E-state index contributed by atoms with van der Waals surface area (Å²) in [5.41, 5.74) is 4.90. The molecule has 1 saturated heterocycles. The van der Waals surface area contributed by atoms with Crippen molar-refractivity contribution in [2.45, 2.75) is 18.9 Å². The summed E-state index contributed by atoms with van der Waals surface area (Å²) in [6, 6.07) is 8.42. The van der Waals surface area contributed by atoms with Gasteiger partial charge in [0.2, 0.25) is 0 Å². The van der Waals surface area contributed by atoms with Gasteiger partial charge in [0.05, 0.1) is 23.5 Å². The Morgan fingerprint density at radius 1 is 1.12 bits per heavy atom. The molecule has 9 heteroatoms. The minimum atomic E-state index is -0.252. The predicted octanol–water partition coefficient (Wildman–Crippen LogP) is 2.70. The number of rotatable bonds is 4. The monoisotopic (exact) mass is 450 g/mol. The summed E-state index contributed by atoms with van der Waals surface area (Å²) in [4.78, 5) is 18.0. The molecule has 0 aromatic carbocycles. The van der Waals surface area contributed by atoms with Crippen LogP contribution in [-0.4, -0.2) is 54.3 Å². The Morgan fingerprint density at radius 2 is 1.94 bits per heavy atom. The molecule has 9 nitrogen and oxygen atoms in total. The Bertz CT molecular complexity index is 1440. The van der Waals surface area contributed by atoms with Crippen molar-refractivity contribution in [3.63, 3.8) is 0 Å². The number of carbonyl (C=O) groups is 1. The van der Waals surface area contributed by atoms with E-state index in [4.69, 9.17) is 6.42 Å². The van der Waals surface area contributed by atoms with Crippen molar-refractivity contribution in [3.8, 4) is 40.7 Å². The summed E-state index contributed by atoms with van der Waals surface area (Å²) < 4.78 is 3.48. The highest BCUT2D eigenvalue weighted by atomic mass is 16.2. The molecule has 5 heterocycles. The molecule has 1 aliphatic heterocycles. The molecule has 1 N–H and O–H groups in total. The topological polar surface area (TPSA) is 104 Å². The van der Waals surface area contributed by atoms with E-state index in [1.54, 1.807) is 32.7 Å². The van der Waals surface area contributed by atoms with Gasteiger partial charge in [-0.15, -0.1) is 6.42 Å². The third-order valence-corrected chi connectivity index (χ3v) is 6.10. The van der Waals surface area contributed by atoms with Crippen LogP contribution in [0.15, 0.2) is 49.2 Å². The van der Waals surface area contributed by atoms with E-state index in [-0.39, 0.29) is 11.9 Å². The number of terminal acetylenes is 1. The third-order valence-electron chi connectivity index (χ3n) is 6.10. The number of anilines is 1. The zero-order valence-corrected chi connectivity index (χ0v) is 18.6. The van der Waals surface area contributed by atoms with E-state index in [2.05, 4.69) is 32.5 Å². The molecule has 0 atom stereocenters. The first-order valence-corrected chi connectivity index (χ1v) is 10.9. The zero-order valence-electron chi connectivity index (χ0n) is 18.6. The molecule has 0 spiro atoms. The average Bonchev–Trinajstić information content (AvgIpc) is 3.50. The van der Waals surface area contributed by atoms with Crippen molar-refractivity contribution in [2.24, 2.45) is 7.05 Å². The normalized spacial score (nSPS) is 14.0. The van der Waals surface area contributed by atoms with E-state index < -0.39 is 0 Å². The van der Waals surface area contributed by atoms with Crippen LogP contribution in [0.25, 0.3) is 27.8 Å². The number of piperidine rings is 1. The Morgan fingerprint density at radius 3 is 2.59 bits per heavy atom. The largest absolute Gasteiger partial charge is 0.367 e. The fraction of sp³-hybridized carbons (Fsp3) is 0.240. The molecule has 1 fully saturated rings. The summed E-state index contributed by atoms with van der Waals surface area (Å²) in [6.07, 6.45) is 15.9. The first-order valence-electron chi connectivity index (χ1n) is 10.9. The fourth-order valence-electron chi connectivity index (χ4n) is 4.32. The number of hydrogen-bond donors (Lipinski definition) is 1. The number of aryl methyl sites for hydroxylation is 1. The Hall–Kier alpha value is -4.63. The van der Waals surface area contributed by atoms with Crippen molar-refractivity contribution >= 4 is 17.2 Å². The summed E-state index contributed by atoms with van der Waals surface area (Å²) >= 11 is 0. The molecule has 0 unspecified atom stereocenters. The molecule has 0 saturated carbocycles. The number of nitriles is 1. The van der Waals surface area contributed by atoms with Gasteiger partial charge in [-0.1, -0.05) is 0 Å². The van der Waals surface area contributed by atoms with Gasteiger partial charge in [-0.25, -0.2) is 9.50 Å². The molecular weight excluding hydrogens is 428 g/mol. The van der Waals surface area contributed by atoms with Gasteiger partial charge in [0.1, 0.15) is 11.9 Å². The van der Waals surface area contributed by atoms with Crippen molar-refractivity contribution < 1.29 is 4.79 Å². The summed E-state index contributed by atoms with van der Waals surface area (Å²) in [5.74, 6) is 2.69. The fourth-order valence-corrected chi connectivity index (χ4v) is 4.32. The molecule has 0 bridgehead atoms. The number of fused-ring (bicyclic) bond motifs is 1. The van der Waals surface area contributed by atoms with E-state index in [9.17, 15) is 10.1 Å². The highest BCUT2D eigenvalue weighted by molar-refractivity contribution is 5.93. The van der Waals surface area contributed by atoms with Crippen molar-refractivity contribution in [2.75, 3.05) is 18.4 Å². The van der Waals surface area contributed by atoms with E-state index >= 15 is 0 Å². The molecule has 1 amide bonds. The predicted molar refractivity (Wildman–Crippen MR) is 127 cm³/mol. The van der Waals surface area contributed by atoms with Gasteiger partial charge in [-0.3, -0.25) is 9.48 Å². The lowest BCUT2D eigenvalue weighted by Gasteiger charge is -2.31.